The van der Waals surface area contributed by atoms with Gasteiger partial charge in [0.15, 0.2) is 0 Å². The maximum Gasteiger partial charge on any atom is 0.416 e. The van der Waals surface area contributed by atoms with Crippen molar-refractivity contribution < 1.29 is 19.8 Å². The summed E-state index contributed by atoms with van der Waals surface area (Å²) in [6.45, 7) is 0. The first-order valence-electron chi connectivity index (χ1n) is 13.2. The molecule has 14 nitrogen and oxygen atoms in total. The molecule has 14 heteroatoms. The standard InChI is InChI=1S/C19H15N5O2.C13H11N5O2/c20-17-16(18(21)23-12-22-17)10-9-13-5-4-8-15(11-13)24(19(25)26)14-6-2-1-3-7-14;14-11-10(12(15)17-7-16-11)6-3-8-1-4-9(5-2-8)18-13(19)20/h1-8,11-12H,(H,25,26)(H4,20,21,22,23);1-2,4-5,7,18H,(H,19,20)(H4,14,15,16,17). The van der Waals surface area contributed by atoms with Crippen LogP contribution in [0.2, 0.25) is 0 Å². The van der Waals surface area contributed by atoms with Gasteiger partial charge in [0.1, 0.15) is 47.1 Å². The summed E-state index contributed by atoms with van der Waals surface area (Å²) in [5.74, 6) is 12.2. The highest BCUT2D eigenvalue weighted by Gasteiger charge is 2.16. The topological polar surface area (TPSA) is 246 Å². The van der Waals surface area contributed by atoms with Crippen molar-refractivity contribution in [2.45, 2.75) is 0 Å². The van der Waals surface area contributed by atoms with E-state index in [0.717, 1.165) is 0 Å². The Labute approximate surface area is 262 Å². The largest absolute Gasteiger partial charge is 0.465 e. The van der Waals surface area contributed by atoms with Gasteiger partial charge in [0.25, 0.3) is 0 Å². The maximum atomic E-state index is 11.7. The van der Waals surface area contributed by atoms with E-state index in [1.165, 1.54) is 17.6 Å². The number of nitrogens with zero attached hydrogens (tertiary/aromatic N) is 5. The summed E-state index contributed by atoms with van der Waals surface area (Å²) in [6.07, 6.45) is 0.320. The average molecular weight is 615 g/mol. The first-order chi connectivity index (χ1) is 22.1. The number of anilines is 7. The Morgan fingerprint density at radius 2 is 1.11 bits per heavy atom. The van der Waals surface area contributed by atoms with Crippen LogP contribution in [0.1, 0.15) is 22.3 Å². The van der Waals surface area contributed by atoms with Crippen LogP contribution >= 0.6 is 0 Å². The van der Waals surface area contributed by atoms with Crippen molar-refractivity contribution in [3.05, 3.63) is 114 Å². The van der Waals surface area contributed by atoms with Crippen LogP contribution in [0.15, 0.2) is 91.5 Å². The second kappa shape index (κ2) is 14.7. The van der Waals surface area contributed by atoms with Gasteiger partial charge >= 0.3 is 12.2 Å². The summed E-state index contributed by atoms with van der Waals surface area (Å²) < 4.78 is 0. The molecule has 5 rings (SSSR count). The zero-order chi connectivity index (χ0) is 33.1. The number of carbonyl (C=O) groups is 2. The summed E-state index contributed by atoms with van der Waals surface area (Å²) in [5.41, 5.74) is 26.3. The van der Waals surface area contributed by atoms with Crippen molar-refractivity contribution in [1.29, 1.82) is 0 Å². The zero-order valence-electron chi connectivity index (χ0n) is 23.9. The molecular formula is C32H26N10O4. The Morgan fingerprint density at radius 1 is 0.609 bits per heavy atom. The fourth-order valence-corrected chi connectivity index (χ4v) is 3.78. The number of carboxylic acid groups (broad SMARTS) is 2. The summed E-state index contributed by atoms with van der Waals surface area (Å²) >= 11 is 0. The number of hydrogen-bond donors (Lipinski definition) is 7. The fourth-order valence-electron chi connectivity index (χ4n) is 3.78. The molecule has 0 spiro atoms. The van der Waals surface area contributed by atoms with Crippen molar-refractivity contribution in [2.75, 3.05) is 33.2 Å². The highest BCUT2D eigenvalue weighted by atomic mass is 16.4. The Kier molecular flexibility index (Phi) is 10.1. The lowest BCUT2D eigenvalue weighted by molar-refractivity contribution is 0.204. The number of rotatable bonds is 3. The van der Waals surface area contributed by atoms with Gasteiger partial charge in [-0.15, -0.1) is 0 Å². The number of para-hydroxylation sites is 1. The quantitative estimate of drug-likeness (QED) is 0.143. The fraction of sp³-hybridized carbons (Fsp3) is 0. The molecule has 0 atom stereocenters. The van der Waals surface area contributed by atoms with Gasteiger partial charge in [0, 0.05) is 16.8 Å². The Hall–Kier alpha value is -7.32. The third kappa shape index (κ3) is 8.37. The number of nitrogen functional groups attached to an aromatic ring is 4. The third-order valence-electron chi connectivity index (χ3n) is 5.92. The molecule has 0 aliphatic carbocycles. The Balaban J connectivity index is 0.000000216. The molecule has 46 heavy (non-hydrogen) atoms. The van der Waals surface area contributed by atoms with Gasteiger partial charge < -0.3 is 33.1 Å². The average Bonchev–Trinajstić information content (AvgIpc) is 3.02. The van der Waals surface area contributed by atoms with E-state index < -0.39 is 12.2 Å². The minimum atomic E-state index is -1.12. The summed E-state index contributed by atoms with van der Waals surface area (Å²) in [4.78, 5) is 38.7. The molecule has 3 aromatic carbocycles. The third-order valence-corrected chi connectivity index (χ3v) is 5.92. The van der Waals surface area contributed by atoms with Crippen LogP contribution in [0.3, 0.4) is 0 Å². The molecule has 0 radical (unpaired) electrons. The number of nitrogens with two attached hydrogens (primary N) is 4. The number of hydrogen-bond acceptors (Lipinski definition) is 10. The first kappa shape index (κ1) is 31.6. The SMILES string of the molecule is Nc1ncnc(N)c1C#Cc1ccc(NC(=O)O)cc1.Nc1ncnc(N)c1C#Cc1cccc(N(C(=O)O)c2ccccc2)c1. The van der Waals surface area contributed by atoms with Crippen LogP contribution in [0.4, 0.5) is 49.9 Å². The molecule has 0 aliphatic rings. The summed E-state index contributed by atoms with van der Waals surface area (Å²) in [7, 11) is 0. The second-order valence-corrected chi connectivity index (χ2v) is 9.05. The van der Waals surface area contributed by atoms with Crippen molar-refractivity contribution in [1.82, 2.24) is 19.9 Å². The van der Waals surface area contributed by atoms with E-state index in [1.54, 1.807) is 72.8 Å². The van der Waals surface area contributed by atoms with Gasteiger partial charge in [-0.3, -0.25) is 5.32 Å². The van der Waals surface area contributed by atoms with Gasteiger partial charge in [-0.2, -0.15) is 0 Å². The van der Waals surface area contributed by atoms with Gasteiger partial charge in [0.2, 0.25) is 0 Å². The van der Waals surface area contributed by atoms with Crippen LogP contribution in [0.25, 0.3) is 0 Å². The lowest BCUT2D eigenvalue weighted by Crippen LogP contribution is -2.23. The van der Waals surface area contributed by atoms with E-state index in [1.807, 2.05) is 6.07 Å². The predicted molar refractivity (Wildman–Crippen MR) is 175 cm³/mol. The molecule has 0 bridgehead atoms. The van der Waals surface area contributed by atoms with Crippen LogP contribution in [-0.2, 0) is 0 Å². The van der Waals surface area contributed by atoms with Crippen LogP contribution < -0.4 is 33.2 Å². The van der Waals surface area contributed by atoms with Crippen molar-refractivity contribution in [3.63, 3.8) is 0 Å². The molecule has 11 N–H and O–H groups in total. The Morgan fingerprint density at radius 3 is 1.61 bits per heavy atom. The number of benzene rings is 3. The van der Waals surface area contributed by atoms with E-state index in [4.69, 9.17) is 28.0 Å². The molecule has 0 unspecified atom stereocenters. The number of amides is 2. The smallest absolute Gasteiger partial charge is 0.416 e. The molecule has 2 aromatic heterocycles. The van der Waals surface area contributed by atoms with Gasteiger partial charge in [-0.25, -0.2) is 34.4 Å². The predicted octanol–water partition coefficient (Wildman–Crippen LogP) is 3.99. The number of nitrogens with one attached hydrogen (secondary N) is 1. The molecule has 2 heterocycles. The van der Waals surface area contributed by atoms with Crippen molar-refractivity contribution in [2.24, 2.45) is 0 Å². The van der Waals surface area contributed by atoms with E-state index in [-0.39, 0.29) is 23.3 Å². The highest BCUT2D eigenvalue weighted by Crippen LogP contribution is 2.26. The van der Waals surface area contributed by atoms with E-state index in [9.17, 15) is 14.7 Å². The van der Waals surface area contributed by atoms with Crippen LogP contribution in [0.5, 0.6) is 0 Å². The van der Waals surface area contributed by atoms with E-state index >= 15 is 0 Å². The minimum Gasteiger partial charge on any atom is -0.465 e. The van der Waals surface area contributed by atoms with Crippen molar-refractivity contribution >= 4 is 52.5 Å². The van der Waals surface area contributed by atoms with Gasteiger partial charge in [-0.05, 0) is 54.6 Å². The first-order valence-corrected chi connectivity index (χ1v) is 13.2. The lowest BCUT2D eigenvalue weighted by Gasteiger charge is -2.19. The van der Waals surface area contributed by atoms with Gasteiger partial charge in [0.05, 0.1) is 11.4 Å². The lowest BCUT2D eigenvalue weighted by atomic mass is 10.1. The molecule has 228 valence electrons. The van der Waals surface area contributed by atoms with Crippen LogP contribution in [0, 0.1) is 23.7 Å². The number of aromatic nitrogens is 4. The van der Waals surface area contributed by atoms with Gasteiger partial charge in [-0.1, -0.05) is 47.9 Å². The molecule has 0 aliphatic heterocycles. The van der Waals surface area contributed by atoms with E-state index in [0.29, 0.717) is 39.3 Å². The monoisotopic (exact) mass is 614 g/mol. The molecule has 2 amide bonds. The molecule has 0 saturated heterocycles. The Bertz CT molecular complexity index is 1960. The van der Waals surface area contributed by atoms with Crippen molar-refractivity contribution in [3.8, 4) is 23.7 Å². The molecular weight excluding hydrogens is 588 g/mol. The molecule has 0 saturated carbocycles. The minimum absolute atomic E-state index is 0.192. The summed E-state index contributed by atoms with van der Waals surface area (Å²) in [6, 6.07) is 22.2. The molecule has 5 aromatic rings. The summed E-state index contributed by atoms with van der Waals surface area (Å²) in [5, 5.41) is 20.4. The zero-order valence-corrected chi connectivity index (χ0v) is 23.9. The maximum absolute atomic E-state index is 11.7. The second-order valence-electron chi connectivity index (χ2n) is 9.05. The normalized spacial score (nSPS) is 9.65. The van der Waals surface area contributed by atoms with E-state index in [2.05, 4.69) is 48.9 Å². The van der Waals surface area contributed by atoms with Crippen LogP contribution in [-0.4, -0.2) is 42.3 Å². The molecule has 0 fully saturated rings. The highest BCUT2D eigenvalue weighted by molar-refractivity contribution is 5.95.